The van der Waals surface area contributed by atoms with Gasteiger partial charge in [0, 0.05) is 13.7 Å². The number of anilines is 1. The summed E-state index contributed by atoms with van der Waals surface area (Å²) >= 11 is 0. The van der Waals surface area contributed by atoms with Crippen molar-refractivity contribution in [2.75, 3.05) is 12.8 Å². The molecular weight excluding hydrogens is 298 g/mol. The van der Waals surface area contributed by atoms with Crippen LogP contribution in [0, 0.1) is 0 Å². The summed E-state index contributed by atoms with van der Waals surface area (Å²) in [6, 6.07) is 0. The van der Waals surface area contributed by atoms with Crippen LogP contribution in [-0.4, -0.2) is 50.7 Å². The number of imidazole rings is 1. The Hall–Kier alpha value is -2.03. The number of ether oxygens (including phenoxy) is 3. The van der Waals surface area contributed by atoms with E-state index < -0.39 is 5.79 Å². The van der Waals surface area contributed by atoms with Gasteiger partial charge in [0.05, 0.1) is 6.33 Å². The highest BCUT2D eigenvalue weighted by atomic mass is 16.8. The van der Waals surface area contributed by atoms with Gasteiger partial charge in [-0.2, -0.15) is 0 Å². The van der Waals surface area contributed by atoms with Gasteiger partial charge in [-0.05, 0) is 25.5 Å². The van der Waals surface area contributed by atoms with Gasteiger partial charge in [-0.3, -0.25) is 0 Å². The molecule has 2 aromatic rings. The molecule has 0 amide bonds. The number of nitrogen functional groups attached to an aromatic ring is 1. The van der Waals surface area contributed by atoms with Gasteiger partial charge in [-0.1, -0.05) is 0 Å². The lowest BCUT2D eigenvalue weighted by Gasteiger charge is -2.20. The molecule has 23 heavy (non-hydrogen) atoms. The van der Waals surface area contributed by atoms with Crippen LogP contribution >= 0.6 is 0 Å². The SMILES string of the molecule is CO[C@H]1C=C(Cn2cnc3c(N)ncnc32)[C@@H]2OC(C)(C)O[C@H]12. The van der Waals surface area contributed by atoms with Crippen LogP contribution in [0.3, 0.4) is 0 Å². The van der Waals surface area contributed by atoms with E-state index in [0.717, 1.165) is 5.57 Å². The molecule has 0 spiro atoms. The summed E-state index contributed by atoms with van der Waals surface area (Å²) in [5, 5.41) is 0. The van der Waals surface area contributed by atoms with Crippen LogP contribution in [0.5, 0.6) is 0 Å². The molecule has 3 heterocycles. The number of rotatable bonds is 3. The summed E-state index contributed by atoms with van der Waals surface area (Å²) in [6.07, 6.45) is 4.84. The van der Waals surface area contributed by atoms with Gasteiger partial charge in [0.15, 0.2) is 17.3 Å². The second-order valence-electron chi connectivity index (χ2n) is 6.27. The average Bonchev–Trinajstić information content (AvgIpc) is 3.13. The third kappa shape index (κ3) is 2.30. The van der Waals surface area contributed by atoms with E-state index in [1.54, 1.807) is 13.4 Å². The molecule has 0 radical (unpaired) electrons. The van der Waals surface area contributed by atoms with Crippen molar-refractivity contribution in [1.82, 2.24) is 19.5 Å². The summed E-state index contributed by atoms with van der Waals surface area (Å²) in [5.41, 5.74) is 8.23. The van der Waals surface area contributed by atoms with Crippen molar-refractivity contribution in [1.29, 1.82) is 0 Å². The molecule has 0 bridgehead atoms. The van der Waals surface area contributed by atoms with Crippen molar-refractivity contribution in [2.24, 2.45) is 0 Å². The number of hydrogen-bond donors (Lipinski definition) is 1. The van der Waals surface area contributed by atoms with Crippen LogP contribution in [0.2, 0.25) is 0 Å². The lowest BCUT2D eigenvalue weighted by Crippen LogP contribution is -2.30. The first-order chi connectivity index (χ1) is 11.0. The van der Waals surface area contributed by atoms with Gasteiger partial charge in [0.2, 0.25) is 0 Å². The summed E-state index contributed by atoms with van der Waals surface area (Å²) < 4.78 is 19.5. The Labute approximate surface area is 133 Å². The Morgan fingerprint density at radius 1 is 1.30 bits per heavy atom. The molecule has 0 saturated carbocycles. The molecule has 2 N–H and O–H groups in total. The first-order valence-corrected chi connectivity index (χ1v) is 7.49. The quantitative estimate of drug-likeness (QED) is 0.839. The van der Waals surface area contributed by atoms with E-state index in [-0.39, 0.29) is 18.3 Å². The molecule has 8 nitrogen and oxygen atoms in total. The Bertz CT molecular complexity index is 785. The zero-order valence-corrected chi connectivity index (χ0v) is 13.3. The Morgan fingerprint density at radius 2 is 2.13 bits per heavy atom. The van der Waals surface area contributed by atoms with Crippen molar-refractivity contribution in [3.05, 3.63) is 24.3 Å². The van der Waals surface area contributed by atoms with Gasteiger partial charge >= 0.3 is 0 Å². The molecule has 4 rings (SSSR count). The summed E-state index contributed by atoms with van der Waals surface area (Å²) in [5.74, 6) is -0.238. The number of nitrogens with two attached hydrogens (primary N) is 1. The first kappa shape index (κ1) is 14.6. The predicted octanol–water partition coefficient (Wildman–Crippen LogP) is 0.884. The lowest BCUT2D eigenvalue weighted by atomic mass is 10.1. The van der Waals surface area contributed by atoms with Crippen LogP contribution in [-0.2, 0) is 20.8 Å². The maximum atomic E-state index is 6.04. The molecule has 8 heteroatoms. The van der Waals surface area contributed by atoms with Crippen LogP contribution in [0.1, 0.15) is 13.8 Å². The maximum absolute atomic E-state index is 6.04. The van der Waals surface area contributed by atoms with Crippen LogP contribution in [0.4, 0.5) is 5.82 Å². The largest absolute Gasteiger partial charge is 0.382 e. The molecular formula is C15H19N5O3. The maximum Gasteiger partial charge on any atom is 0.165 e. The molecule has 2 aromatic heterocycles. The summed E-state index contributed by atoms with van der Waals surface area (Å²) in [4.78, 5) is 12.5. The number of hydrogen-bond acceptors (Lipinski definition) is 7. The van der Waals surface area contributed by atoms with Gasteiger partial charge in [-0.25, -0.2) is 15.0 Å². The van der Waals surface area contributed by atoms with Crippen molar-refractivity contribution in [2.45, 2.75) is 44.5 Å². The summed E-state index contributed by atoms with van der Waals surface area (Å²) in [6.45, 7) is 4.42. The van der Waals surface area contributed by atoms with Crippen molar-refractivity contribution >= 4 is 17.0 Å². The first-order valence-electron chi connectivity index (χ1n) is 7.49. The average molecular weight is 317 g/mol. The Kier molecular flexibility index (Phi) is 3.15. The number of aromatic nitrogens is 4. The molecule has 1 aliphatic carbocycles. The number of fused-ring (bicyclic) bond motifs is 2. The van der Waals surface area contributed by atoms with E-state index in [0.29, 0.717) is 23.5 Å². The summed E-state index contributed by atoms with van der Waals surface area (Å²) in [7, 11) is 1.68. The molecule has 2 aliphatic rings. The third-order valence-corrected chi connectivity index (χ3v) is 4.25. The normalized spacial score (nSPS) is 29.0. The second kappa shape index (κ2) is 4.98. The van der Waals surface area contributed by atoms with E-state index in [2.05, 4.69) is 21.0 Å². The zero-order valence-electron chi connectivity index (χ0n) is 13.3. The minimum Gasteiger partial charge on any atom is -0.382 e. The monoisotopic (exact) mass is 317 g/mol. The van der Waals surface area contributed by atoms with E-state index in [1.165, 1.54) is 6.33 Å². The van der Waals surface area contributed by atoms with E-state index >= 15 is 0 Å². The van der Waals surface area contributed by atoms with Crippen molar-refractivity contribution < 1.29 is 14.2 Å². The minimum atomic E-state index is -0.616. The highest BCUT2D eigenvalue weighted by molar-refractivity contribution is 5.81. The van der Waals surface area contributed by atoms with E-state index in [1.807, 2.05) is 18.4 Å². The highest BCUT2D eigenvalue weighted by Crippen LogP contribution is 2.40. The molecule has 1 aliphatic heterocycles. The number of nitrogens with zero attached hydrogens (tertiary/aromatic N) is 4. The topological polar surface area (TPSA) is 97.3 Å². The van der Waals surface area contributed by atoms with Gasteiger partial charge in [0.1, 0.15) is 30.2 Å². The number of methoxy groups -OCH3 is 1. The molecule has 0 unspecified atom stereocenters. The van der Waals surface area contributed by atoms with Gasteiger partial charge in [-0.15, -0.1) is 0 Å². The smallest absolute Gasteiger partial charge is 0.165 e. The second-order valence-corrected chi connectivity index (χ2v) is 6.27. The Morgan fingerprint density at radius 3 is 2.91 bits per heavy atom. The highest BCUT2D eigenvalue weighted by Gasteiger charge is 2.50. The molecule has 0 aromatic carbocycles. The third-order valence-electron chi connectivity index (χ3n) is 4.25. The van der Waals surface area contributed by atoms with Gasteiger partial charge < -0.3 is 24.5 Å². The van der Waals surface area contributed by atoms with Crippen LogP contribution in [0.15, 0.2) is 24.3 Å². The zero-order chi connectivity index (χ0) is 16.2. The van der Waals surface area contributed by atoms with Crippen molar-refractivity contribution in [3.8, 4) is 0 Å². The minimum absolute atomic E-state index is 0.119. The molecule has 1 fully saturated rings. The standard InChI is InChI=1S/C15H19N5O3/c1-15(2)22-11-8(4-9(21-3)12(11)23-15)5-20-7-19-10-13(16)17-6-18-14(10)20/h4,6-7,9,11-12H,5H2,1-3H3,(H2,16,17,18)/t9-,11-,12+/m0/s1. The fourth-order valence-electron chi connectivity index (χ4n) is 3.27. The fraction of sp³-hybridized carbons (Fsp3) is 0.533. The van der Waals surface area contributed by atoms with Crippen molar-refractivity contribution in [3.63, 3.8) is 0 Å². The van der Waals surface area contributed by atoms with Gasteiger partial charge in [0.25, 0.3) is 0 Å². The fourth-order valence-corrected chi connectivity index (χ4v) is 3.27. The lowest BCUT2D eigenvalue weighted by molar-refractivity contribution is -0.154. The molecule has 3 atom stereocenters. The predicted molar refractivity (Wildman–Crippen MR) is 82.4 cm³/mol. The van der Waals surface area contributed by atoms with E-state index in [9.17, 15) is 0 Å². The molecule has 122 valence electrons. The molecule has 1 saturated heterocycles. The van der Waals surface area contributed by atoms with Crippen LogP contribution in [0.25, 0.3) is 11.2 Å². The Balaban J connectivity index is 1.66. The van der Waals surface area contributed by atoms with Crippen LogP contribution < -0.4 is 5.73 Å². The van der Waals surface area contributed by atoms with E-state index in [4.69, 9.17) is 19.9 Å².